The molecule has 0 fully saturated rings. The molecular formula is C12H14N2O2. The Morgan fingerprint density at radius 3 is 2.94 bits per heavy atom. The van der Waals surface area contributed by atoms with Crippen LogP contribution in [0.25, 0.3) is 5.65 Å². The smallest absolute Gasteiger partial charge is 0.358 e. The first kappa shape index (κ1) is 10.7. The molecule has 0 amide bonds. The Labute approximate surface area is 93.9 Å². The number of fused-ring (bicyclic) bond motifs is 1. The number of carbonyl (C=O) groups is 1. The molecular weight excluding hydrogens is 204 g/mol. The number of pyridine rings is 1. The van der Waals surface area contributed by atoms with Crippen molar-refractivity contribution in [1.29, 1.82) is 0 Å². The molecule has 0 aliphatic rings. The molecule has 0 unspecified atom stereocenters. The minimum Gasteiger partial charge on any atom is -0.458 e. The SMILES string of the molecule is Cc1ccn2cc(C(=O)OC(C)C)nc2c1. The van der Waals surface area contributed by atoms with Crippen LogP contribution in [0.5, 0.6) is 0 Å². The predicted molar refractivity (Wildman–Crippen MR) is 60.5 cm³/mol. The van der Waals surface area contributed by atoms with Crippen molar-refractivity contribution in [3.63, 3.8) is 0 Å². The Morgan fingerprint density at radius 2 is 2.25 bits per heavy atom. The van der Waals surface area contributed by atoms with Crippen LogP contribution in [0, 0.1) is 6.92 Å². The third-order valence-corrected chi connectivity index (χ3v) is 2.17. The number of hydrogen-bond donors (Lipinski definition) is 0. The summed E-state index contributed by atoms with van der Waals surface area (Å²) in [5.74, 6) is -0.378. The molecule has 0 bridgehead atoms. The van der Waals surface area contributed by atoms with Gasteiger partial charge in [-0.3, -0.25) is 0 Å². The third kappa shape index (κ3) is 2.05. The molecule has 0 atom stereocenters. The lowest BCUT2D eigenvalue weighted by molar-refractivity contribution is 0.0371. The van der Waals surface area contributed by atoms with Gasteiger partial charge in [-0.15, -0.1) is 0 Å². The van der Waals surface area contributed by atoms with E-state index in [-0.39, 0.29) is 12.1 Å². The van der Waals surface area contributed by atoms with Gasteiger partial charge in [0.05, 0.1) is 6.10 Å². The summed E-state index contributed by atoms with van der Waals surface area (Å²) in [5.41, 5.74) is 2.22. The first-order valence-corrected chi connectivity index (χ1v) is 5.22. The summed E-state index contributed by atoms with van der Waals surface area (Å²) in [4.78, 5) is 15.8. The molecule has 2 rings (SSSR count). The number of rotatable bonds is 2. The van der Waals surface area contributed by atoms with Crippen LogP contribution in [-0.4, -0.2) is 21.5 Å². The van der Waals surface area contributed by atoms with Crippen LogP contribution in [0.4, 0.5) is 0 Å². The number of nitrogens with zero attached hydrogens (tertiary/aromatic N) is 2. The van der Waals surface area contributed by atoms with Crippen LogP contribution >= 0.6 is 0 Å². The topological polar surface area (TPSA) is 43.6 Å². The summed E-state index contributed by atoms with van der Waals surface area (Å²) in [6, 6.07) is 3.89. The first-order valence-electron chi connectivity index (χ1n) is 5.22. The highest BCUT2D eigenvalue weighted by Crippen LogP contribution is 2.09. The zero-order valence-electron chi connectivity index (χ0n) is 9.60. The van der Waals surface area contributed by atoms with Gasteiger partial charge in [0.2, 0.25) is 0 Å². The lowest BCUT2D eigenvalue weighted by Gasteiger charge is -2.04. The fourth-order valence-corrected chi connectivity index (χ4v) is 1.46. The van der Waals surface area contributed by atoms with E-state index in [9.17, 15) is 4.79 Å². The molecule has 0 aliphatic carbocycles. The molecule has 0 saturated carbocycles. The van der Waals surface area contributed by atoms with E-state index >= 15 is 0 Å². The maximum atomic E-state index is 11.6. The fourth-order valence-electron chi connectivity index (χ4n) is 1.46. The van der Waals surface area contributed by atoms with Crippen LogP contribution in [0.15, 0.2) is 24.5 Å². The van der Waals surface area contributed by atoms with Crippen molar-refractivity contribution in [3.8, 4) is 0 Å². The summed E-state index contributed by atoms with van der Waals surface area (Å²) in [6.45, 7) is 5.62. The Hall–Kier alpha value is -1.84. The summed E-state index contributed by atoms with van der Waals surface area (Å²) < 4.78 is 6.89. The minimum atomic E-state index is -0.378. The number of imidazole rings is 1. The van der Waals surface area contributed by atoms with Crippen LogP contribution < -0.4 is 0 Å². The highest BCUT2D eigenvalue weighted by atomic mass is 16.5. The van der Waals surface area contributed by atoms with Crippen molar-refractivity contribution in [1.82, 2.24) is 9.38 Å². The number of carbonyl (C=O) groups excluding carboxylic acids is 1. The molecule has 0 spiro atoms. The molecule has 0 saturated heterocycles. The summed E-state index contributed by atoms with van der Waals surface area (Å²) in [5, 5.41) is 0. The van der Waals surface area contributed by atoms with E-state index in [1.807, 2.05) is 43.5 Å². The molecule has 2 aromatic heterocycles. The van der Waals surface area contributed by atoms with Gasteiger partial charge in [0, 0.05) is 12.4 Å². The van der Waals surface area contributed by atoms with Gasteiger partial charge < -0.3 is 9.14 Å². The van der Waals surface area contributed by atoms with Gasteiger partial charge in [-0.25, -0.2) is 9.78 Å². The van der Waals surface area contributed by atoms with E-state index in [2.05, 4.69) is 4.98 Å². The summed E-state index contributed by atoms with van der Waals surface area (Å²) in [6.07, 6.45) is 3.43. The number of hydrogen-bond acceptors (Lipinski definition) is 3. The van der Waals surface area contributed by atoms with E-state index in [1.54, 1.807) is 6.20 Å². The van der Waals surface area contributed by atoms with Crippen molar-refractivity contribution in [2.45, 2.75) is 26.9 Å². The lowest BCUT2D eigenvalue weighted by atomic mass is 10.3. The highest BCUT2D eigenvalue weighted by molar-refractivity contribution is 5.88. The standard InChI is InChI=1S/C12H14N2O2/c1-8(2)16-12(15)10-7-14-5-4-9(3)6-11(14)13-10/h4-8H,1-3H3. The predicted octanol–water partition coefficient (Wildman–Crippen LogP) is 2.21. The third-order valence-electron chi connectivity index (χ3n) is 2.17. The number of ether oxygens (including phenoxy) is 1. The van der Waals surface area contributed by atoms with Crippen molar-refractivity contribution >= 4 is 11.6 Å². The van der Waals surface area contributed by atoms with Gasteiger partial charge in [-0.2, -0.15) is 0 Å². The molecule has 0 radical (unpaired) electrons. The number of aromatic nitrogens is 2. The number of esters is 1. The van der Waals surface area contributed by atoms with Crippen molar-refractivity contribution in [2.75, 3.05) is 0 Å². The molecule has 4 nitrogen and oxygen atoms in total. The zero-order valence-corrected chi connectivity index (χ0v) is 9.60. The largest absolute Gasteiger partial charge is 0.458 e. The summed E-state index contributed by atoms with van der Waals surface area (Å²) in [7, 11) is 0. The van der Waals surface area contributed by atoms with Crippen molar-refractivity contribution < 1.29 is 9.53 Å². The second-order valence-corrected chi connectivity index (χ2v) is 4.05. The second kappa shape index (κ2) is 3.96. The zero-order chi connectivity index (χ0) is 11.7. The quantitative estimate of drug-likeness (QED) is 0.726. The highest BCUT2D eigenvalue weighted by Gasteiger charge is 2.13. The normalized spacial score (nSPS) is 11.0. The summed E-state index contributed by atoms with van der Waals surface area (Å²) >= 11 is 0. The Kier molecular flexibility index (Phi) is 2.64. The molecule has 0 aromatic carbocycles. The minimum absolute atomic E-state index is 0.126. The fraction of sp³-hybridized carbons (Fsp3) is 0.333. The second-order valence-electron chi connectivity index (χ2n) is 4.05. The van der Waals surface area contributed by atoms with Crippen LogP contribution in [0.2, 0.25) is 0 Å². The average Bonchev–Trinajstić information content (AvgIpc) is 2.59. The molecule has 0 aliphatic heterocycles. The van der Waals surface area contributed by atoms with Gasteiger partial charge >= 0.3 is 5.97 Å². The van der Waals surface area contributed by atoms with Gasteiger partial charge in [-0.1, -0.05) is 0 Å². The molecule has 16 heavy (non-hydrogen) atoms. The van der Waals surface area contributed by atoms with Crippen LogP contribution in [0.3, 0.4) is 0 Å². The van der Waals surface area contributed by atoms with E-state index in [0.29, 0.717) is 5.69 Å². The molecule has 2 heterocycles. The van der Waals surface area contributed by atoms with Crippen LogP contribution in [-0.2, 0) is 4.74 Å². The van der Waals surface area contributed by atoms with Crippen molar-refractivity contribution in [2.24, 2.45) is 0 Å². The van der Waals surface area contributed by atoms with E-state index in [1.165, 1.54) is 0 Å². The molecule has 2 aromatic rings. The molecule has 84 valence electrons. The number of aryl methyl sites for hydroxylation is 1. The average molecular weight is 218 g/mol. The Balaban J connectivity index is 2.36. The lowest BCUT2D eigenvalue weighted by Crippen LogP contribution is -2.11. The maximum absolute atomic E-state index is 11.6. The van der Waals surface area contributed by atoms with Crippen molar-refractivity contribution in [3.05, 3.63) is 35.8 Å². The Morgan fingerprint density at radius 1 is 1.50 bits per heavy atom. The van der Waals surface area contributed by atoms with Gasteiger partial charge in [-0.05, 0) is 38.5 Å². The van der Waals surface area contributed by atoms with E-state index in [0.717, 1.165) is 11.2 Å². The van der Waals surface area contributed by atoms with E-state index < -0.39 is 0 Å². The Bertz CT molecular complexity index is 529. The maximum Gasteiger partial charge on any atom is 0.358 e. The van der Waals surface area contributed by atoms with Gasteiger partial charge in [0.1, 0.15) is 5.65 Å². The van der Waals surface area contributed by atoms with Gasteiger partial charge in [0.25, 0.3) is 0 Å². The monoisotopic (exact) mass is 218 g/mol. The molecule has 0 N–H and O–H groups in total. The van der Waals surface area contributed by atoms with Gasteiger partial charge in [0.15, 0.2) is 5.69 Å². The first-order chi connectivity index (χ1) is 7.56. The van der Waals surface area contributed by atoms with E-state index in [4.69, 9.17) is 4.74 Å². The molecule has 4 heteroatoms. The van der Waals surface area contributed by atoms with Crippen LogP contribution in [0.1, 0.15) is 29.9 Å².